The third-order valence-electron chi connectivity index (χ3n) is 3.00. The van der Waals surface area contributed by atoms with Crippen LogP contribution >= 0.6 is 15.9 Å². The van der Waals surface area contributed by atoms with Gasteiger partial charge in [0.05, 0.1) is 6.61 Å². The van der Waals surface area contributed by atoms with E-state index in [1.54, 1.807) is 0 Å². The molecule has 3 nitrogen and oxygen atoms in total. The number of para-hydroxylation sites is 2. The van der Waals surface area contributed by atoms with Crippen molar-refractivity contribution in [3.8, 4) is 17.2 Å². The number of rotatable bonds is 6. The number of nitrogens with two attached hydrogens (primary N) is 1. The maximum Gasteiger partial charge on any atom is 0.169 e. The van der Waals surface area contributed by atoms with Crippen molar-refractivity contribution in [1.29, 1.82) is 0 Å². The molecule has 2 aromatic rings. The lowest BCUT2D eigenvalue weighted by Crippen LogP contribution is -2.05. The van der Waals surface area contributed by atoms with Crippen LogP contribution in [0.3, 0.4) is 0 Å². The Morgan fingerprint density at radius 1 is 1.14 bits per heavy atom. The zero-order chi connectivity index (χ0) is 15.2. The molecule has 112 valence electrons. The van der Waals surface area contributed by atoms with Gasteiger partial charge in [-0.1, -0.05) is 41.1 Å². The molecule has 21 heavy (non-hydrogen) atoms. The molecular weight excluding hydrogens is 330 g/mol. The Balaban J connectivity index is 2.20. The number of ether oxygens (including phenoxy) is 2. The summed E-state index contributed by atoms with van der Waals surface area (Å²) in [4.78, 5) is 0. The van der Waals surface area contributed by atoms with Crippen molar-refractivity contribution in [2.24, 2.45) is 5.73 Å². The van der Waals surface area contributed by atoms with Gasteiger partial charge in [-0.15, -0.1) is 0 Å². The van der Waals surface area contributed by atoms with Crippen molar-refractivity contribution in [2.75, 3.05) is 6.61 Å². The van der Waals surface area contributed by atoms with E-state index in [2.05, 4.69) is 22.9 Å². The minimum absolute atomic E-state index is 0.0198. The molecule has 0 aromatic heterocycles. The minimum Gasteiger partial charge on any atom is -0.490 e. The summed E-state index contributed by atoms with van der Waals surface area (Å²) in [5.41, 5.74) is 6.96. The minimum atomic E-state index is -0.0198. The summed E-state index contributed by atoms with van der Waals surface area (Å²) >= 11 is 3.53. The van der Waals surface area contributed by atoms with E-state index in [1.165, 1.54) is 0 Å². The highest BCUT2D eigenvalue weighted by molar-refractivity contribution is 9.10. The number of benzene rings is 2. The van der Waals surface area contributed by atoms with Crippen LogP contribution in [0.5, 0.6) is 17.2 Å². The molecule has 2 aromatic carbocycles. The van der Waals surface area contributed by atoms with Crippen LogP contribution in [0.4, 0.5) is 0 Å². The molecule has 0 aliphatic carbocycles. The SMILES string of the molecule is CCCOc1ccccc1Oc1ccc([C@H](C)N)c(Br)c1. The average Bonchev–Trinajstić information content (AvgIpc) is 2.46. The molecule has 0 fully saturated rings. The molecule has 0 radical (unpaired) electrons. The van der Waals surface area contributed by atoms with Crippen LogP contribution in [0.15, 0.2) is 46.9 Å². The normalized spacial score (nSPS) is 12.0. The molecule has 0 saturated carbocycles. The Labute approximate surface area is 134 Å². The number of halogens is 1. The smallest absolute Gasteiger partial charge is 0.169 e. The quantitative estimate of drug-likeness (QED) is 0.793. The zero-order valence-corrected chi connectivity index (χ0v) is 13.9. The molecule has 1 atom stereocenters. The highest BCUT2D eigenvalue weighted by Crippen LogP contribution is 2.34. The molecular formula is C17H20BrNO2. The molecule has 0 heterocycles. The van der Waals surface area contributed by atoms with Crippen molar-refractivity contribution in [2.45, 2.75) is 26.3 Å². The van der Waals surface area contributed by atoms with Gasteiger partial charge in [0.2, 0.25) is 0 Å². The maximum atomic E-state index is 5.93. The van der Waals surface area contributed by atoms with Crippen molar-refractivity contribution in [1.82, 2.24) is 0 Å². The highest BCUT2D eigenvalue weighted by atomic mass is 79.9. The summed E-state index contributed by atoms with van der Waals surface area (Å²) in [6, 6.07) is 13.5. The Hall–Kier alpha value is -1.52. The monoisotopic (exact) mass is 349 g/mol. The van der Waals surface area contributed by atoms with Gasteiger partial charge < -0.3 is 15.2 Å². The van der Waals surface area contributed by atoms with Crippen molar-refractivity contribution >= 4 is 15.9 Å². The van der Waals surface area contributed by atoms with E-state index < -0.39 is 0 Å². The average molecular weight is 350 g/mol. The molecule has 2 N–H and O–H groups in total. The van der Waals surface area contributed by atoms with Gasteiger partial charge in [-0.2, -0.15) is 0 Å². The fourth-order valence-corrected chi connectivity index (χ4v) is 2.65. The first-order valence-electron chi connectivity index (χ1n) is 7.06. The summed E-state index contributed by atoms with van der Waals surface area (Å²) in [5.74, 6) is 2.22. The van der Waals surface area contributed by atoms with E-state index in [-0.39, 0.29) is 6.04 Å². The summed E-state index contributed by atoms with van der Waals surface area (Å²) < 4.78 is 12.6. The van der Waals surface area contributed by atoms with Crippen LogP contribution in [0.2, 0.25) is 0 Å². The van der Waals surface area contributed by atoms with E-state index in [9.17, 15) is 0 Å². The molecule has 0 aliphatic heterocycles. The van der Waals surface area contributed by atoms with Crippen LogP contribution in [0.25, 0.3) is 0 Å². The lowest BCUT2D eigenvalue weighted by atomic mass is 10.1. The third-order valence-corrected chi connectivity index (χ3v) is 3.69. The van der Waals surface area contributed by atoms with Gasteiger partial charge in [-0.05, 0) is 43.2 Å². The van der Waals surface area contributed by atoms with Gasteiger partial charge in [0, 0.05) is 10.5 Å². The summed E-state index contributed by atoms with van der Waals surface area (Å²) in [6.07, 6.45) is 0.961. The van der Waals surface area contributed by atoms with Gasteiger partial charge in [0.25, 0.3) is 0 Å². The number of hydrogen-bond acceptors (Lipinski definition) is 3. The molecule has 0 bridgehead atoms. The van der Waals surface area contributed by atoms with Crippen LogP contribution in [0.1, 0.15) is 31.9 Å². The summed E-state index contributed by atoms with van der Waals surface area (Å²) in [6.45, 7) is 4.70. The van der Waals surface area contributed by atoms with Gasteiger partial charge in [-0.3, -0.25) is 0 Å². The molecule has 0 amide bonds. The second kappa shape index (κ2) is 7.48. The Bertz CT molecular complexity index is 599. The van der Waals surface area contributed by atoms with Gasteiger partial charge in [0.15, 0.2) is 11.5 Å². The topological polar surface area (TPSA) is 44.5 Å². The van der Waals surface area contributed by atoms with Crippen LogP contribution in [0, 0.1) is 0 Å². The Morgan fingerprint density at radius 2 is 1.86 bits per heavy atom. The third kappa shape index (κ3) is 4.22. The van der Waals surface area contributed by atoms with Gasteiger partial charge in [0.1, 0.15) is 5.75 Å². The maximum absolute atomic E-state index is 5.93. The molecule has 2 rings (SSSR count). The van der Waals surface area contributed by atoms with E-state index >= 15 is 0 Å². The van der Waals surface area contributed by atoms with Crippen LogP contribution < -0.4 is 15.2 Å². The van der Waals surface area contributed by atoms with Gasteiger partial charge in [-0.25, -0.2) is 0 Å². The highest BCUT2D eigenvalue weighted by Gasteiger charge is 2.09. The molecule has 0 aliphatic rings. The zero-order valence-electron chi connectivity index (χ0n) is 12.3. The first kappa shape index (κ1) is 15.9. The van der Waals surface area contributed by atoms with E-state index in [4.69, 9.17) is 15.2 Å². The molecule has 4 heteroatoms. The fourth-order valence-electron chi connectivity index (χ4n) is 1.93. The standard InChI is InChI=1S/C17H20BrNO2/c1-3-10-20-16-6-4-5-7-17(16)21-13-8-9-14(12(2)19)15(18)11-13/h4-9,11-12H,3,10,19H2,1-2H3/t12-/m0/s1. The molecule has 0 spiro atoms. The summed E-state index contributed by atoms with van der Waals surface area (Å²) in [7, 11) is 0. The second-order valence-corrected chi connectivity index (χ2v) is 5.72. The summed E-state index contributed by atoms with van der Waals surface area (Å²) in [5, 5.41) is 0. The van der Waals surface area contributed by atoms with Crippen LogP contribution in [-0.4, -0.2) is 6.61 Å². The first-order chi connectivity index (χ1) is 10.1. The Kier molecular flexibility index (Phi) is 5.65. The predicted molar refractivity (Wildman–Crippen MR) is 89.0 cm³/mol. The molecule has 0 unspecified atom stereocenters. The first-order valence-corrected chi connectivity index (χ1v) is 7.85. The van der Waals surface area contributed by atoms with Crippen molar-refractivity contribution < 1.29 is 9.47 Å². The second-order valence-electron chi connectivity index (χ2n) is 4.87. The van der Waals surface area contributed by atoms with Gasteiger partial charge >= 0.3 is 0 Å². The van der Waals surface area contributed by atoms with Crippen molar-refractivity contribution in [3.63, 3.8) is 0 Å². The molecule has 0 saturated heterocycles. The number of hydrogen-bond donors (Lipinski definition) is 1. The lowest BCUT2D eigenvalue weighted by Gasteiger charge is -2.14. The largest absolute Gasteiger partial charge is 0.490 e. The van der Waals surface area contributed by atoms with E-state index in [0.717, 1.165) is 28.0 Å². The van der Waals surface area contributed by atoms with Crippen molar-refractivity contribution in [3.05, 3.63) is 52.5 Å². The van der Waals surface area contributed by atoms with Crippen LogP contribution in [-0.2, 0) is 0 Å². The lowest BCUT2D eigenvalue weighted by molar-refractivity contribution is 0.302. The van der Waals surface area contributed by atoms with E-state index in [0.29, 0.717) is 12.4 Å². The predicted octanol–water partition coefficient (Wildman–Crippen LogP) is 5.05. The fraction of sp³-hybridized carbons (Fsp3) is 0.294. The van der Waals surface area contributed by atoms with E-state index in [1.807, 2.05) is 49.4 Å². The Morgan fingerprint density at radius 3 is 2.48 bits per heavy atom.